The van der Waals surface area contributed by atoms with Crippen molar-refractivity contribution in [3.8, 4) is 0 Å². The van der Waals surface area contributed by atoms with Gasteiger partial charge in [0.15, 0.2) is 5.78 Å². The van der Waals surface area contributed by atoms with E-state index in [1.165, 1.54) is 6.42 Å². The molecule has 2 fully saturated rings. The Bertz CT molecular complexity index is 558. The van der Waals surface area contributed by atoms with Crippen LogP contribution < -0.4 is 5.32 Å². The zero-order chi connectivity index (χ0) is 15.5. The molecule has 22 heavy (non-hydrogen) atoms. The van der Waals surface area contributed by atoms with E-state index in [-0.39, 0.29) is 18.1 Å². The Morgan fingerprint density at radius 3 is 2.59 bits per heavy atom. The van der Waals surface area contributed by atoms with Crippen LogP contribution >= 0.6 is 11.6 Å². The quantitative estimate of drug-likeness (QED) is 0.868. The number of benzene rings is 1. The summed E-state index contributed by atoms with van der Waals surface area (Å²) >= 11 is 5.81. The van der Waals surface area contributed by atoms with Gasteiger partial charge in [-0.15, -0.1) is 0 Å². The Hall–Kier alpha value is -1.39. The number of amides is 1. The lowest BCUT2D eigenvalue weighted by Gasteiger charge is -2.24. The molecule has 2 saturated heterocycles. The van der Waals surface area contributed by atoms with Gasteiger partial charge in [0, 0.05) is 48.6 Å². The van der Waals surface area contributed by atoms with Crippen LogP contribution in [-0.4, -0.2) is 41.8 Å². The molecule has 3 rings (SSSR count). The van der Waals surface area contributed by atoms with Gasteiger partial charge in [0.2, 0.25) is 5.91 Å². The summed E-state index contributed by atoms with van der Waals surface area (Å²) in [6, 6.07) is 7.83. The number of hydrogen-bond donors (Lipinski definition) is 1. The number of carbonyl (C=O) groups is 2. The molecule has 2 unspecified atom stereocenters. The van der Waals surface area contributed by atoms with Gasteiger partial charge in [0.1, 0.15) is 0 Å². The lowest BCUT2D eigenvalue weighted by molar-refractivity contribution is -0.131. The number of likely N-dealkylation sites (tertiary alicyclic amines) is 1. The second kappa shape index (κ2) is 6.80. The fourth-order valence-electron chi connectivity index (χ4n) is 3.33. The molecule has 0 radical (unpaired) electrons. The van der Waals surface area contributed by atoms with E-state index in [0.717, 1.165) is 25.9 Å². The number of ketones is 1. The van der Waals surface area contributed by atoms with Crippen molar-refractivity contribution in [3.63, 3.8) is 0 Å². The Balaban J connectivity index is 1.51. The average molecular weight is 321 g/mol. The summed E-state index contributed by atoms with van der Waals surface area (Å²) < 4.78 is 0. The van der Waals surface area contributed by atoms with Crippen molar-refractivity contribution in [2.24, 2.45) is 0 Å². The predicted octanol–water partition coefficient (Wildman–Crippen LogP) is 2.66. The van der Waals surface area contributed by atoms with E-state index in [0.29, 0.717) is 29.1 Å². The second-order valence-corrected chi connectivity index (χ2v) is 6.63. The number of rotatable bonds is 4. The Morgan fingerprint density at radius 1 is 1.09 bits per heavy atom. The highest BCUT2D eigenvalue weighted by atomic mass is 35.5. The van der Waals surface area contributed by atoms with Crippen molar-refractivity contribution in [1.82, 2.24) is 10.2 Å². The number of hydrogen-bond acceptors (Lipinski definition) is 3. The van der Waals surface area contributed by atoms with Gasteiger partial charge in [-0.3, -0.25) is 9.59 Å². The van der Waals surface area contributed by atoms with Crippen molar-refractivity contribution >= 4 is 23.3 Å². The summed E-state index contributed by atoms with van der Waals surface area (Å²) in [6.07, 6.45) is 3.95. The maximum atomic E-state index is 12.3. The van der Waals surface area contributed by atoms with Crippen molar-refractivity contribution in [1.29, 1.82) is 0 Å². The lowest BCUT2D eigenvalue weighted by Crippen LogP contribution is -2.39. The van der Waals surface area contributed by atoms with Crippen molar-refractivity contribution in [3.05, 3.63) is 34.9 Å². The number of nitrogens with one attached hydrogen (secondary N) is 1. The summed E-state index contributed by atoms with van der Waals surface area (Å²) in [5.74, 6) is 0.0937. The van der Waals surface area contributed by atoms with Gasteiger partial charge < -0.3 is 10.2 Å². The first-order valence-electron chi connectivity index (χ1n) is 7.94. The third-order valence-corrected chi connectivity index (χ3v) is 4.86. The minimum Gasteiger partial charge on any atom is -0.341 e. The lowest BCUT2D eigenvalue weighted by atomic mass is 10.1. The third-order valence-electron chi connectivity index (χ3n) is 4.61. The van der Waals surface area contributed by atoms with Crippen LogP contribution in [0.2, 0.25) is 5.02 Å². The molecule has 2 heterocycles. The fraction of sp³-hybridized carbons (Fsp3) is 0.529. The molecule has 1 aromatic rings. The Morgan fingerprint density at radius 2 is 1.82 bits per heavy atom. The van der Waals surface area contributed by atoms with E-state index in [1.54, 1.807) is 24.3 Å². The minimum absolute atomic E-state index is 0.000478. The van der Waals surface area contributed by atoms with Crippen LogP contribution in [-0.2, 0) is 4.79 Å². The van der Waals surface area contributed by atoms with Gasteiger partial charge in [-0.2, -0.15) is 0 Å². The normalized spacial score (nSPS) is 24.1. The monoisotopic (exact) mass is 320 g/mol. The van der Waals surface area contributed by atoms with Crippen LogP contribution in [0.1, 0.15) is 42.5 Å². The molecule has 1 aromatic carbocycles. The number of fused-ring (bicyclic) bond motifs is 2. The van der Waals surface area contributed by atoms with Gasteiger partial charge in [0.25, 0.3) is 0 Å². The van der Waals surface area contributed by atoms with E-state index >= 15 is 0 Å². The summed E-state index contributed by atoms with van der Waals surface area (Å²) in [6.45, 7) is 1.59. The SMILES string of the molecule is O=C(CCC(=O)N1CCC2CCC(C1)N2)c1ccc(Cl)cc1. The largest absolute Gasteiger partial charge is 0.341 e. The molecule has 2 aliphatic heterocycles. The highest BCUT2D eigenvalue weighted by molar-refractivity contribution is 6.30. The van der Waals surface area contributed by atoms with Crippen LogP contribution in [0, 0.1) is 0 Å². The van der Waals surface area contributed by atoms with Crippen LogP contribution in [0.4, 0.5) is 0 Å². The van der Waals surface area contributed by atoms with Gasteiger partial charge in [-0.1, -0.05) is 11.6 Å². The van der Waals surface area contributed by atoms with Crippen molar-refractivity contribution in [2.75, 3.05) is 13.1 Å². The highest BCUT2D eigenvalue weighted by Gasteiger charge is 2.30. The van der Waals surface area contributed by atoms with Crippen molar-refractivity contribution in [2.45, 2.75) is 44.2 Å². The first kappa shape index (κ1) is 15.5. The molecule has 0 aliphatic carbocycles. The van der Waals surface area contributed by atoms with Crippen LogP contribution in [0.15, 0.2) is 24.3 Å². The van der Waals surface area contributed by atoms with Crippen LogP contribution in [0.3, 0.4) is 0 Å². The topological polar surface area (TPSA) is 49.4 Å². The molecule has 2 atom stereocenters. The van der Waals surface area contributed by atoms with E-state index in [4.69, 9.17) is 11.6 Å². The first-order chi connectivity index (χ1) is 10.6. The molecule has 2 bridgehead atoms. The van der Waals surface area contributed by atoms with E-state index in [1.807, 2.05) is 4.90 Å². The molecular weight excluding hydrogens is 300 g/mol. The molecule has 1 N–H and O–H groups in total. The highest BCUT2D eigenvalue weighted by Crippen LogP contribution is 2.21. The molecule has 4 nitrogen and oxygen atoms in total. The number of nitrogens with zero attached hydrogens (tertiary/aromatic N) is 1. The van der Waals surface area contributed by atoms with Crippen LogP contribution in [0.5, 0.6) is 0 Å². The standard InChI is InChI=1S/C17H21ClN2O2/c18-13-3-1-12(2-4-13)16(21)7-8-17(22)20-10-9-14-5-6-15(11-20)19-14/h1-4,14-15,19H,5-11H2. The number of Topliss-reactive ketones (excluding diaryl/α,β-unsaturated/α-hetero) is 1. The molecule has 0 saturated carbocycles. The summed E-state index contributed by atoms with van der Waals surface area (Å²) in [5.41, 5.74) is 0.619. The number of carbonyl (C=O) groups excluding carboxylic acids is 2. The predicted molar refractivity (Wildman–Crippen MR) is 86.2 cm³/mol. The van der Waals surface area contributed by atoms with E-state index in [2.05, 4.69) is 5.32 Å². The molecule has 1 amide bonds. The third kappa shape index (κ3) is 3.68. The van der Waals surface area contributed by atoms with E-state index < -0.39 is 0 Å². The molecule has 0 aromatic heterocycles. The summed E-state index contributed by atoms with van der Waals surface area (Å²) in [7, 11) is 0. The molecule has 118 valence electrons. The zero-order valence-corrected chi connectivity index (χ0v) is 13.3. The van der Waals surface area contributed by atoms with Crippen molar-refractivity contribution < 1.29 is 9.59 Å². The summed E-state index contributed by atoms with van der Waals surface area (Å²) in [4.78, 5) is 26.4. The van der Waals surface area contributed by atoms with Crippen LogP contribution in [0.25, 0.3) is 0 Å². The zero-order valence-electron chi connectivity index (χ0n) is 12.6. The van der Waals surface area contributed by atoms with Gasteiger partial charge >= 0.3 is 0 Å². The molecule has 2 aliphatic rings. The second-order valence-electron chi connectivity index (χ2n) is 6.20. The van der Waals surface area contributed by atoms with Gasteiger partial charge in [0.05, 0.1) is 0 Å². The van der Waals surface area contributed by atoms with Gasteiger partial charge in [-0.25, -0.2) is 0 Å². The molecule has 0 spiro atoms. The minimum atomic E-state index is -0.000478. The smallest absolute Gasteiger partial charge is 0.223 e. The maximum Gasteiger partial charge on any atom is 0.223 e. The average Bonchev–Trinajstić information content (AvgIpc) is 2.84. The Kier molecular flexibility index (Phi) is 4.79. The molecule has 5 heteroatoms. The van der Waals surface area contributed by atoms with E-state index in [9.17, 15) is 9.59 Å². The summed E-state index contributed by atoms with van der Waals surface area (Å²) in [5, 5.41) is 4.17. The van der Waals surface area contributed by atoms with Gasteiger partial charge in [-0.05, 0) is 43.5 Å². The number of halogens is 1. The fourth-order valence-corrected chi connectivity index (χ4v) is 3.45. The maximum absolute atomic E-state index is 12.3. The molecular formula is C17H21ClN2O2. The Labute approximate surface area is 135 Å². The first-order valence-corrected chi connectivity index (χ1v) is 8.32.